The Morgan fingerprint density at radius 2 is 1.78 bits per heavy atom. The summed E-state index contributed by atoms with van der Waals surface area (Å²) in [4.78, 5) is 14.1. The molecule has 1 rings (SSSR count). The molecule has 0 unspecified atom stereocenters. The summed E-state index contributed by atoms with van der Waals surface area (Å²) in [6.07, 6.45) is 5.05. The van der Waals surface area contributed by atoms with E-state index in [1.807, 2.05) is 23.1 Å². The Bertz CT molecular complexity index is 446. The van der Waals surface area contributed by atoms with Crippen LogP contribution >= 0.6 is 11.6 Å². The predicted octanol–water partition coefficient (Wildman–Crippen LogP) is 4.72. The largest absolute Gasteiger partial charge is 0.492 e. The van der Waals surface area contributed by atoms with E-state index in [9.17, 15) is 4.79 Å². The molecule has 1 aromatic carbocycles. The molecule has 23 heavy (non-hydrogen) atoms. The molecule has 5 heteroatoms. The topological polar surface area (TPSA) is 41.6 Å². The molecular formula is C18H29ClN2O2. The van der Waals surface area contributed by atoms with Crippen LogP contribution in [0.3, 0.4) is 0 Å². The molecule has 0 saturated heterocycles. The summed E-state index contributed by atoms with van der Waals surface area (Å²) in [5, 5.41) is 3.59. The van der Waals surface area contributed by atoms with Crippen molar-refractivity contribution in [2.45, 2.75) is 46.0 Å². The van der Waals surface area contributed by atoms with E-state index in [2.05, 4.69) is 19.2 Å². The summed E-state index contributed by atoms with van der Waals surface area (Å²) < 4.78 is 5.61. The van der Waals surface area contributed by atoms with Gasteiger partial charge in [0.15, 0.2) is 0 Å². The highest BCUT2D eigenvalue weighted by Crippen LogP contribution is 2.22. The van der Waals surface area contributed by atoms with Crippen LogP contribution in [0.1, 0.15) is 46.0 Å². The van der Waals surface area contributed by atoms with Crippen molar-refractivity contribution in [3.05, 3.63) is 29.3 Å². The Kier molecular flexibility index (Phi) is 10.3. The van der Waals surface area contributed by atoms with Crippen molar-refractivity contribution in [1.29, 1.82) is 0 Å². The van der Waals surface area contributed by atoms with Gasteiger partial charge in [-0.15, -0.1) is 0 Å². The molecule has 0 aliphatic rings. The van der Waals surface area contributed by atoms with Crippen LogP contribution in [0.15, 0.2) is 24.3 Å². The zero-order valence-corrected chi connectivity index (χ0v) is 15.1. The first kappa shape index (κ1) is 19.6. The Morgan fingerprint density at radius 1 is 1.13 bits per heavy atom. The van der Waals surface area contributed by atoms with Crippen molar-refractivity contribution in [1.82, 2.24) is 10.2 Å². The Morgan fingerprint density at radius 3 is 2.39 bits per heavy atom. The van der Waals surface area contributed by atoms with Crippen molar-refractivity contribution in [3.63, 3.8) is 0 Å². The first-order valence-corrected chi connectivity index (χ1v) is 8.97. The lowest BCUT2D eigenvalue weighted by molar-refractivity contribution is 0.195. The minimum atomic E-state index is 0.0321. The van der Waals surface area contributed by atoms with Gasteiger partial charge in [0, 0.05) is 19.6 Å². The molecule has 0 atom stereocenters. The van der Waals surface area contributed by atoms with Crippen LogP contribution in [0.25, 0.3) is 0 Å². The molecule has 1 aromatic rings. The number of unbranched alkanes of at least 4 members (excludes halogenated alkanes) is 2. The van der Waals surface area contributed by atoms with Gasteiger partial charge in [-0.05, 0) is 31.4 Å². The maximum absolute atomic E-state index is 12.2. The fraction of sp³-hybridized carbons (Fsp3) is 0.611. The second-order valence-corrected chi connectivity index (χ2v) is 5.97. The number of hydrogen-bond donors (Lipinski definition) is 1. The van der Waals surface area contributed by atoms with Gasteiger partial charge in [0.2, 0.25) is 0 Å². The van der Waals surface area contributed by atoms with Gasteiger partial charge in [-0.2, -0.15) is 0 Å². The molecule has 2 amide bonds. The number of nitrogens with one attached hydrogen (secondary N) is 1. The van der Waals surface area contributed by atoms with Gasteiger partial charge in [0.25, 0.3) is 0 Å². The molecule has 0 fully saturated rings. The van der Waals surface area contributed by atoms with Crippen molar-refractivity contribution in [2.75, 3.05) is 26.2 Å². The number of urea groups is 1. The van der Waals surface area contributed by atoms with Gasteiger partial charge in [0.1, 0.15) is 5.75 Å². The van der Waals surface area contributed by atoms with Gasteiger partial charge in [-0.3, -0.25) is 0 Å². The number of benzene rings is 1. The lowest BCUT2D eigenvalue weighted by Crippen LogP contribution is -2.41. The minimum Gasteiger partial charge on any atom is -0.492 e. The van der Waals surface area contributed by atoms with E-state index in [4.69, 9.17) is 16.3 Å². The zero-order valence-electron chi connectivity index (χ0n) is 14.3. The zero-order chi connectivity index (χ0) is 16.9. The van der Waals surface area contributed by atoms with Crippen molar-refractivity contribution in [2.24, 2.45) is 0 Å². The first-order chi connectivity index (χ1) is 11.2. The number of amides is 2. The van der Waals surface area contributed by atoms with Gasteiger partial charge >= 0.3 is 6.03 Å². The monoisotopic (exact) mass is 340 g/mol. The number of para-hydroxylation sites is 1. The van der Waals surface area contributed by atoms with Crippen LogP contribution < -0.4 is 10.1 Å². The quantitative estimate of drug-likeness (QED) is 0.592. The Hall–Kier alpha value is -1.42. The van der Waals surface area contributed by atoms with E-state index >= 15 is 0 Å². The van der Waals surface area contributed by atoms with Crippen molar-refractivity contribution >= 4 is 17.6 Å². The Labute approximate surface area is 145 Å². The van der Waals surface area contributed by atoms with Crippen LogP contribution in [0, 0.1) is 0 Å². The van der Waals surface area contributed by atoms with Gasteiger partial charge in [0.05, 0.1) is 11.6 Å². The number of carbonyl (C=O) groups excluding carboxylic acids is 1. The van der Waals surface area contributed by atoms with Gasteiger partial charge in [-0.25, -0.2) is 4.79 Å². The molecule has 130 valence electrons. The first-order valence-electron chi connectivity index (χ1n) is 8.59. The van der Waals surface area contributed by atoms with E-state index in [0.29, 0.717) is 23.9 Å². The normalized spacial score (nSPS) is 10.4. The summed E-state index contributed by atoms with van der Waals surface area (Å²) in [6, 6.07) is 7.44. The molecule has 0 aliphatic heterocycles. The third-order valence-corrected chi connectivity index (χ3v) is 3.85. The minimum absolute atomic E-state index is 0.0321. The average Bonchev–Trinajstić information content (AvgIpc) is 2.56. The standard InChI is InChI=1S/C18H29ClN2O2/c1-3-5-13-21(14-6-4-2)18(22)20-12-9-15-23-17-11-8-7-10-16(17)19/h7-8,10-11H,3-6,9,12-15H2,1-2H3,(H,20,22). The van der Waals surface area contributed by atoms with Crippen LogP contribution in [-0.2, 0) is 0 Å². The van der Waals surface area contributed by atoms with Crippen LogP contribution in [-0.4, -0.2) is 37.2 Å². The fourth-order valence-corrected chi connectivity index (χ4v) is 2.33. The van der Waals surface area contributed by atoms with E-state index in [1.165, 1.54) is 0 Å². The summed E-state index contributed by atoms with van der Waals surface area (Å²) >= 11 is 6.02. The number of rotatable bonds is 11. The highest BCUT2D eigenvalue weighted by Gasteiger charge is 2.11. The molecule has 0 aromatic heterocycles. The molecule has 0 bridgehead atoms. The molecule has 0 aliphatic carbocycles. The highest BCUT2D eigenvalue weighted by molar-refractivity contribution is 6.32. The molecular weight excluding hydrogens is 312 g/mol. The van der Waals surface area contributed by atoms with E-state index in [-0.39, 0.29) is 6.03 Å². The van der Waals surface area contributed by atoms with Crippen molar-refractivity contribution < 1.29 is 9.53 Å². The summed E-state index contributed by atoms with van der Waals surface area (Å²) in [7, 11) is 0. The van der Waals surface area contributed by atoms with Crippen LogP contribution in [0.4, 0.5) is 4.79 Å². The predicted molar refractivity (Wildman–Crippen MR) is 96.4 cm³/mol. The number of nitrogens with zero attached hydrogens (tertiary/aromatic N) is 1. The average molecular weight is 341 g/mol. The molecule has 4 nitrogen and oxygen atoms in total. The van der Waals surface area contributed by atoms with Crippen LogP contribution in [0.5, 0.6) is 5.75 Å². The fourth-order valence-electron chi connectivity index (χ4n) is 2.14. The van der Waals surface area contributed by atoms with E-state index in [1.54, 1.807) is 6.07 Å². The second kappa shape index (κ2) is 12.1. The summed E-state index contributed by atoms with van der Waals surface area (Å²) in [6.45, 7) is 7.09. The maximum atomic E-state index is 12.2. The van der Waals surface area contributed by atoms with E-state index < -0.39 is 0 Å². The van der Waals surface area contributed by atoms with Crippen LogP contribution in [0.2, 0.25) is 5.02 Å². The number of ether oxygens (including phenoxy) is 1. The van der Waals surface area contributed by atoms with Gasteiger partial charge in [-0.1, -0.05) is 50.4 Å². The summed E-state index contributed by atoms with van der Waals surface area (Å²) in [5.41, 5.74) is 0. The SMILES string of the molecule is CCCCN(CCCC)C(=O)NCCCOc1ccccc1Cl. The third kappa shape index (κ3) is 8.12. The third-order valence-electron chi connectivity index (χ3n) is 3.54. The molecule has 0 spiro atoms. The maximum Gasteiger partial charge on any atom is 0.317 e. The molecule has 0 heterocycles. The number of hydrogen-bond acceptors (Lipinski definition) is 2. The smallest absolute Gasteiger partial charge is 0.317 e. The second-order valence-electron chi connectivity index (χ2n) is 5.56. The molecule has 0 radical (unpaired) electrons. The number of carbonyl (C=O) groups is 1. The highest BCUT2D eigenvalue weighted by atomic mass is 35.5. The van der Waals surface area contributed by atoms with E-state index in [0.717, 1.165) is 45.2 Å². The lowest BCUT2D eigenvalue weighted by Gasteiger charge is -2.22. The Balaban J connectivity index is 2.24. The lowest BCUT2D eigenvalue weighted by atomic mass is 10.3. The molecule has 0 saturated carbocycles. The van der Waals surface area contributed by atoms with Gasteiger partial charge < -0.3 is 15.0 Å². The summed E-state index contributed by atoms with van der Waals surface area (Å²) in [5.74, 6) is 0.688. The molecule has 1 N–H and O–H groups in total. The number of halogens is 1. The van der Waals surface area contributed by atoms with Crippen molar-refractivity contribution in [3.8, 4) is 5.75 Å².